The third kappa shape index (κ3) is 3.10. The average Bonchev–Trinajstić information content (AvgIpc) is 2.29. The fraction of sp³-hybridized carbons (Fsp3) is 0.455. The largest absolute Gasteiger partial charge is 0.492 e. The van der Waals surface area contributed by atoms with Gasteiger partial charge in [0.1, 0.15) is 17.4 Å². The number of hydrogen-bond acceptors (Lipinski definition) is 3. The lowest BCUT2D eigenvalue weighted by atomic mass is 10.1. The van der Waals surface area contributed by atoms with Gasteiger partial charge in [0.2, 0.25) is 0 Å². The first-order valence-electron chi connectivity index (χ1n) is 4.86. The lowest BCUT2D eigenvalue weighted by Crippen LogP contribution is -2.05. The first kappa shape index (κ1) is 11.8. The van der Waals surface area contributed by atoms with E-state index in [1.807, 2.05) is 13.0 Å². The number of pyridine rings is 1. The molecule has 0 radical (unpaired) electrons. The van der Waals surface area contributed by atoms with E-state index in [0.29, 0.717) is 18.1 Å². The second-order valence-electron chi connectivity index (χ2n) is 3.07. The van der Waals surface area contributed by atoms with Gasteiger partial charge in [0, 0.05) is 12.1 Å². The molecule has 0 bridgehead atoms. The number of hydrogen-bond donors (Lipinski definition) is 0. The smallest absolute Gasteiger partial charge is 0.142 e. The van der Waals surface area contributed by atoms with E-state index in [1.54, 1.807) is 12.3 Å². The molecule has 1 aromatic heterocycles. The predicted octanol–water partition coefficient (Wildman–Crippen LogP) is 2.72. The SMILES string of the molecule is CCCOc1cccnc1C(C#N)CCl. The Hall–Kier alpha value is -1.27. The predicted molar refractivity (Wildman–Crippen MR) is 59.1 cm³/mol. The van der Waals surface area contributed by atoms with Crippen LogP contribution in [0.4, 0.5) is 0 Å². The van der Waals surface area contributed by atoms with E-state index in [4.69, 9.17) is 21.6 Å². The van der Waals surface area contributed by atoms with E-state index >= 15 is 0 Å². The zero-order chi connectivity index (χ0) is 11.1. The lowest BCUT2D eigenvalue weighted by Gasteiger charge is -2.11. The van der Waals surface area contributed by atoms with Crippen LogP contribution >= 0.6 is 11.6 Å². The Morgan fingerprint density at radius 3 is 3.07 bits per heavy atom. The van der Waals surface area contributed by atoms with Gasteiger partial charge in [-0.2, -0.15) is 5.26 Å². The van der Waals surface area contributed by atoms with E-state index < -0.39 is 5.92 Å². The van der Waals surface area contributed by atoms with Gasteiger partial charge in [0.15, 0.2) is 0 Å². The van der Waals surface area contributed by atoms with E-state index in [0.717, 1.165) is 6.42 Å². The summed E-state index contributed by atoms with van der Waals surface area (Å²) in [4.78, 5) is 4.14. The van der Waals surface area contributed by atoms with Crippen molar-refractivity contribution in [2.24, 2.45) is 0 Å². The number of halogens is 1. The van der Waals surface area contributed by atoms with Crippen LogP contribution in [-0.4, -0.2) is 17.5 Å². The number of nitrogens with zero attached hydrogens (tertiary/aromatic N) is 2. The molecule has 1 heterocycles. The highest BCUT2D eigenvalue weighted by atomic mass is 35.5. The molecule has 1 aromatic rings. The topological polar surface area (TPSA) is 45.9 Å². The number of aromatic nitrogens is 1. The summed E-state index contributed by atoms with van der Waals surface area (Å²) in [5.74, 6) is 0.488. The summed E-state index contributed by atoms with van der Waals surface area (Å²) < 4.78 is 5.50. The van der Waals surface area contributed by atoms with Crippen LogP contribution in [0.1, 0.15) is 25.0 Å². The standard InChI is InChI=1S/C11H13ClN2O/c1-2-6-15-10-4-3-5-14-11(10)9(7-12)8-13/h3-5,9H,2,6-7H2,1H3. The van der Waals surface area contributed by atoms with Crippen LogP contribution in [0.15, 0.2) is 18.3 Å². The van der Waals surface area contributed by atoms with Crippen LogP contribution in [0.25, 0.3) is 0 Å². The van der Waals surface area contributed by atoms with Crippen LogP contribution < -0.4 is 4.74 Å². The van der Waals surface area contributed by atoms with Crippen molar-refractivity contribution in [3.8, 4) is 11.8 Å². The van der Waals surface area contributed by atoms with Gasteiger partial charge in [0.25, 0.3) is 0 Å². The van der Waals surface area contributed by atoms with E-state index in [2.05, 4.69) is 11.1 Å². The Morgan fingerprint density at radius 2 is 2.47 bits per heavy atom. The molecule has 0 fully saturated rings. The number of rotatable bonds is 5. The van der Waals surface area contributed by atoms with Crippen molar-refractivity contribution in [2.75, 3.05) is 12.5 Å². The van der Waals surface area contributed by atoms with Crippen molar-refractivity contribution in [1.29, 1.82) is 5.26 Å². The molecule has 0 N–H and O–H groups in total. The quantitative estimate of drug-likeness (QED) is 0.723. The Kier molecular flexibility index (Phi) is 4.92. The van der Waals surface area contributed by atoms with Crippen LogP contribution in [0.2, 0.25) is 0 Å². The molecular weight excluding hydrogens is 212 g/mol. The summed E-state index contributed by atoms with van der Waals surface area (Å²) in [6.45, 7) is 2.65. The lowest BCUT2D eigenvalue weighted by molar-refractivity contribution is 0.312. The summed E-state index contributed by atoms with van der Waals surface area (Å²) in [5.41, 5.74) is 0.628. The van der Waals surface area contributed by atoms with Crippen molar-refractivity contribution in [3.05, 3.63) is 24.0 Å². The Labute approximate surface area is 94.7 Å². The van der Waals surface area contributed by atoms with E-state index in [9.17, 15) is 0 Å². The minimum Gasteiger partial charge on any atom is -0.492 e. The maximum atomic E-state index is 8.90. The summed E-state index contributed by atoms with van der Waals surface area (Å²) >= 11 is 5.69. The summed E-state index contributed by atoms with van der Waals surface area (Å²) in [5, 5.41) is 8.90. The molecule has 0 saturated carbocycles. The van der Waals surface area contributed by atoms with Gasteiger partial charge in [-0.25, -0.2) is 0 Å². The van der Waals surface area contributed by atoms with Gasteiger partial charge in [0.05, 0.1) is 12.7 Å². The molecule has 3 nitrogen and oxygen atoms in total. The zero-order valence-corrected chi connectivity index (χ0v) is 9.37. The number of alkyl halides is 1. The van der Waals surface area contributed by atoms with Crippen LogP contribution in [0.3, 0.4) is 0 Å². The fourth-order valence-electron chi connectivity index (χ4n) is 1.17. The Morgan fingerprint density at radius 1 is 1.67 bits per heavy atom. The number of ether oxygens (including phenoxy) is 1. The van der Waals surface area contributed by atoms with Crippen molar-refractivity contribution in [2.45, 2.75) is 19.3 Å². The average molecular weight is 225 g/mol. The van der Waals surface area contributed by atoms with Crippen LogP contribution in [0.5, 0.6) is 5.75 Å². The maximum Gasteiger partial charge on any atom is 0.142 e. The zero-order valence-electron chi connectivity index (χ0n) is 8.61. The molecule has 1 atom stereocenters. The monoisotopic (exact) mass is 224 g/mol. The maximum absolute atomic E-state index is 8.90. The molecule has 80 valence electrons. The molecule has 0 amide bonds. The highest BCUT2D eigenvalue weighted by Crippen LogP contribution is 2.24. The first-order valence-corrected chi connectivity index (χ1v) is 5.40. The summed E-state index contributed by atoms with van der Waals surface area (Å²) in [6.07, 6.45) is 2.57. The minimum absolute atomic E-state index is 0.232. The van der Waals surface area contributed by atoms with Crippen molar-refractivity contribution >= 4 is 11.6 Å². The molecule has 0 spiro atoms. The molecule has 0 aliphatic rings. The molecule has 15 heavy (non-hydrogen) atoms. The number of nitriles is 1. The first-order chi connectivity index (χ1) is 7.33. The van der Waals surface area contributed by atoms with Gasteiger partial charge in [-0.15, -0.1) is 11.6 Å². The molecule has 1 unspecified atom stereocenters. The minimum atomic E-state index is -0.403. The second kappa shape index (κ2) is 6.26. The van der Waals surface area contributed by atoms with Crippen LogP contribution in [-0.2, 0) is 0 Å². The molecule has 0 aliphatic heterocycles. The van der Waals surface area contributed by atoms with E-state index in [-0.39, 0.29) is 5.88 Å². The summed E-state index contributed by atoms with van der Waals surface area (Å²) in [7, 11) is 0. The van der Waals surface area contributed by atoms with Crippen molar-refractivity contribution in [3.63, 3.8) is 0 Å². The van der Waals surface area contributed by atoms with Crippen LogP contribution in [0, 0.1) is 11.3 Å². The Balaban J connectivity index is 2.90. The second-order valence-corrected chi connectivity index (χ2v) is 3.38. The van der Waals surface area contributed by atoms with Crippen molar-refractivity contribution in [1.82, 2.24) is 4.98 Å². The third-order valence-corrected chi connectivity index (χ3v) is 2.21. The molecule has 1 rings (SSSR count). The molecular formula is C11H13ClN2O. The van der Waals surface area contributed by atoms with E-state index in [1.165, 1.54) is 0 Å². The highest BCUT2D eigenvalue weighted by Gasteiger charge is 2.15. The normalized spacial score (nSPS) is 11.8. The molecule has 4 heteroatoms. The molecule has 0 aromatic carbocycles. The third-order valence-electron chi connectivity index (χ3n) is 1.90. The highest BCUT2D eigenvalue weighted by molar-refractivity contribution is 6.18. The van der Waals surface area contributed by atoms with Gasteiger partial charge < -0.3 is 4.74 Å². The summed E-state index contributed by atoms with van der Waals surface area (Å²) in [6, 6.07) is 5.71. The fourth-order valence-corrected chi connectivity index (χ4v) is 1.38. The van der Waals surface area contributed by atoms with Gasteiger partial charge >= 0.3 is 0 Å². The van der Waals surface area contributed by atoms with Crippen molar-refractivity contribution < 1.29 is 4.74 Å². The molecule has 0 saturated heterocycles. The Bertz CT molecular complexity index is 349. The molecule has 0 aliphatic carbocycles. The van der Waals surface area contributed by atoms with Gasteiger partial charge in [-0.3, -0.25) is 4.98 Å². The van der Waals surface area contributed by atoms with Gasteiger partial charge in [-0.05, 0) is 18.6 Å². The van der Waals surface area contributed by atoms with Gasteiger partial charge in [-0.1, -0.05) is 6.92 Å².